The number of aliphatic hydroxyl groups is 1. The summed E-state index contributed by atoms with van der Waals surface area (Å²) in [5, 5.41) is 17.1. The molecule has 0 radical (unpaired) electrons. The second-order valence-corrected chi connectivity index (χ2v) is 13.7. The molecule has 0 saturated carbocycles. The predicted molar refractivity (Wildman–Crippen MR) is 155 cm³/mol. The highest BCUT2D eigenvalue weighted by atomic mass is 32.2. The lowest BCUT2D eigenvalue weighted by molar-refractivity contribution is -0.133. The molecule has 0 aliphatic carbocycles. The van der Waals surface area contributed by atoms with Crippen LogP contribution in [0.4, 0.5) is 0 Å². The summed E-state index contributed by atoms with van der Waals surface area (Å²) in [6.07, 6.45) is -1.34. The van der Waals surface area contributed by atoms with E-state index in [0.717, 1.165) is 0 Å². The molecule has 11 nitrogen and oxygen atoms in total. The minimum Gasteiger partial charge on any atom is -0.454 e. The highest BCUT2D eigenvalue weighted by molar-refractivity contribution is 7.89. The van der Waals surface area contributed by atoms with Crippen LogP contribution in [0.25, 0.3) is 0 Å². The summed E-state index contributed by atoms with van der Waals surface area (Å²) in [6, 6.07) is 10.4. The number of hydrogen-bond donors (Lipinski definition) is 4. The van der Waals surface area contributed by atoms with Crippen molar-refractivity contribution >= 4 is 21.8 Å². The molecule has 12 heteroatoms. The maximum atomic E-state index is 13.8. The zero-order valence-electron chi connectivity index (χ0n) is 24.5. The number of nitrogens with one attached hydrogen (secondary N) is 2. The second kappa shape index (κ2) is 13.2. The number of ether oxygens (including phenoxy) is 2. The number of fused-ring (bicyclic) bond motifs is 1. The van der Waals surface area contributed by atoms with Crippen molar-refractivity contribution in [3.8, 4) is 11.5 Å². The third-order valence-electron chi connectivity index (χ3n) is 6.61. The number of nitrogens with zero attached hydrogens (tertiary/aromatic N) is 1. The molecule has 0 aromatic heterocycles. The second-order valence-electron chi connectivity index (χ2n) is 11.8. The first kappa shape index (κ1) is 32.3. The van der Waals surface area contributed by atoms with E-state index >= 15 is 0 Å². The zero-order chi connectivity index (χ0) is 30.5. The van der Waals surface area contributed by atoms with Gasteiger partial charge in [-0.25, -0.2) is 8.42 Å². The molecule has 5 N–H and O–H groups in total. The molecule has 41 heavy (non-hydrogen) atoms. The Balaban J connectivity index is 1.93. The number of hydrogen-bond acceptors (Lipinski definition) is 8. The highest BCUT2D eigenvalue weighted by Crippen LogP contribution is 2.35. The molecule has 0 spiro atoms. The number of benzene rings is 2. The van der Waals surface area contributed by atoms with E-state index in [9.17, 15) is 23.1 Å². The average Bonchev–Trinajstić information content (AvgIpc) is 3.37. The van der Waals surface area contributed by atoms with Crippen molar-refractivity contribution < 1.29 is 32.6 Å². The minimum atomic E-state index is -4.07. The fraction of sp³-hybridized carbons (Fsp3) is 0.517. The molecule has 0 fully saturated rings. The standard InChI is InChI=1S/C29H42N4O7S/c1-18(2)15-33(41(37,38)21-12-13-23-24(14-21)40-17-39-23)16-22(34)25(20-10-8-7-9-11-20)31-28(36)26(29(4,5)6)32-27(35)19(3)30/h7-14,18-19,22,25-26,34H,15-17,30H2,1-6H3,(H,31,36)(H,32,35)/t19-,22+,25?,26+/m0/s1. The Morgan fingerprint density at radius 2 is 1.61 bits per heavy atom. The van der Waals surface area contributed by atoms with E-state index in [-0.39, 0.29) is 30.7 Å². The van der Waals surface area contributed by atoms with E-state index in [1.165, 1.54) is 29.4 Å². The predicted octanol–water partition coefficient (Wildman–Crippen LogP) is 2.16. The molecule has 2 aromatic rings. The fourth-order valence-corrected chi connectivity index (χ4v) is 6.06. The molecular formula is C29H42N4O7S. The summed E-state index contributed by atoms with van der Waals surface area (Å²) < 4.78 is 39.4. The van der Waals surface area contributed by atoms with Crippen molar-refractivity contribution in [2.75, 3.05) is 19.9 Å². The third-order valence-corrected chi connectivity index (χ3v) is 8.44. The van der Waals surface area contributed by atoms with Crippen LogP contribution in [0.5, 0.6) is 11.5 Å². The van der Waals surface area contributed by atoms with Crippen molar-refractivity contribution in [3.63, 3.8) is 0 Å². The Bertz CT molecular complexity index is 1310. The lowest BCUT2D eigenvalue weighted by Crippen LogP contribution is -2.58. The summed E-state index contributed by atoms with van der Waals surface area (Å²) in [6.45, 7) is 10.5. The van der Waals surface area contributed by atoms with E-state index in [1.54, 1.807) is 51.1 Å². The average molecular weight is 591 g/mol. The van der Waals surface area contributed by atoms with E-state index < -0.39 is 51.5 Å². The topological polar surface area (TPSA) is 160 Å². The maximum Gasteiger partial charge on any atom is 0.243 e. The Morgan fingerprint density at radius 3 is 2.20 bits per heavy atom. The molecule has 2 amide bonds. The summed E-state index contributed by atoms with van der Waals surface area (Å²) in [7, 11) is -4.07. The monoisotopic (exact) mass is 590 g/mol. The Kier molecular flexibility index (Phi) is 10.4. The maximum absolute atomic E-state index is 13.8. The molecule has 0 bridgehead atoms. The number of sulfonamides is 1. The molecule has 2 aromatic carbocycles. The summed E-state index contributed by atoms with van der Waals surface area (Å²) in [5.41, 5.74) is 5.61. The van der Waals surface area contributed by atoms with Gasteiger partial charge in [-0.15, -0.1) is 0 Å². The molecule has 0 saturated heterocycles. The SMILES string of the molecule is CC(C)CN(C[C@@H](O)C(NC(=O)[C@@H](NC(=O)[C@H](C)N)C(C)(C)C)c1ccccc1)S(=O)(=O)c1ccc2c(c1)OCO2. The third kappa shape index (κ3) is 8.19. The van der Waals surface area contributed by atoms with Crippen molar-refractivity contribution in [2.24, 2.45) is 17.1 Å². The largest absolute Gasteiger partial charge is 0.454 e. The van der Waals surface area contributed by atoms with Crippen LogP contribution in [0.1, 0.15) is 53.1 Å². The first-order chi connectivity index (χ1) is 19.1. The summed E-state index contributed by atoms with van der Waals surface area (Å²) in [5.74, 6) is -0.305. The van der Waals surface area contributed by atoms with Gasteiger partial charge in [0.2, 0.25) is 28.6 Å². The van der Waals surface area contributed by atoms with Crippen molar-refractivity contribution in [3.05, 3.63) is 54.1 Å². The van der Waals surface area contributed by atoms with Gasteiger partial charge in [0.05, 0.1) is 23.1 Å². The fourth-order valence-electron chi connectivity index (χ4n) is 4.43. The van der Waals surface area contributed by atoms with Gasteiger partial charge in [-0.05, 0) is 36.0 Å². The van der Waals surface area contributed by atoms with Crippen LogP contribution in [0.2, 0.25) is 0 Å². The van der Waals surface area contributed by atoms with E-state index in [2.05, 4.69) is 10.6 Å². The van der Waals surface area contributed by atoms with Crippen molar-refractivity contribution in [1.29, 1.82) is 0 Å². The number of amides is 2. The molecule has 226 valence electrons. The van der Waals surface area contributed by atoms with Gasteiger partial charge in [-0.1, -0.05) is 65.0 Å². The zero-order valence-corrected chi connectivity index (χ0v) is 25.3. The molecule has 1 aliphatic heterocycles. The molecular weight excluding hydrogens is 548 g/mol. The van der Waals surface area contributed by atoms with Gasteiger partial charge in [0.15, 0.2) is 11.5 Å². The van der Waals surface area contributed by atoms with Crippen molar-refractivity contribution in [1.82, 2.24) is 14.9 Å². The van der Waals surface area contributed by atoms with Gasteiger partial charge in [-0.2, -0.15) is 4.31 Å². The number of aliphatic hydroxyl groups excluding tert-OH is 1. The Morgan fingerprint density at radius 1 is 0.976 bits per heavy atom. The van der Waals surface area contributed by atoms with Crippen LogP contribution in [0.15, 0.2) is 53.4 Å². The van der Waals surface area contributed by atoms with Gasteiger partial charge >= 0.3 is 0 Å². The molecule has 1 heterocycles. The highest BCUT2D eigenvalue weighted by Gasteiger charge is 2.37. The van der Waals surface area contributed by atoms with Crippen molar-refractivity contribution in [2.45, 2.75) is 70.7 Å². The van der Waals surface area contributed by atoms with Crippen LogP contribution in [0.3, 0.4) is 0 Å². The molecule has 1 unspecified atom stereocenters. The Hall–Kier alpha value is -3.19. The van der Waals surface area contributed by atoms with Gasteiger partial charge in [-0.3, -0.25) is 9.59 Å². The minimum absolute atomic E-state index is 0.00121. The van der Waals surface area contributed by atoms with Crippen LogP contribution >= 0.6 is 0 Å². The number of carbonyl (C=O) groups excluding carboxylic acids is 2. The normalized spacial score (nSPS) is 16.2. The lowest BCUT2D eigenvalue weighted by atomic mass is 9.85. The molecule has 4 atom stereocenters. The van der Waals surface area contributed by atoms with Crippen LogP contribution < -0.4 is 25.8 Å². The van der Waals surface area contributed by atoms with Crippen LogP contribution in [-0.4, -0.2) is 67.7 Å². The van der Waals surface area contributed by atoms with E-state index in [4.69, 9.17) is 15.2 Å². The Labute approximate surface area is 242 Å². The van der Waals surface area contributed by atoms with Crippen LogP contribution in [0, 0.1) is 11.3 Å². The van der Waals surface area contributed by atoms with Crippen LogP contribution in [-0.2, 0) is 19.6 Å². The number of rotatable bonds is 12. The van der Waals surface area contributed by atoms with E-state index in [0.29, 0.717) is 17.1 Å². The van der Waals surface area contributed by atoms with Gasteiger partial charge in [0.1, 0.15) is 6.04 Å². The number of nitrogens with two attached hydrogens (primary N) is 1. The smallest absolute Gasteiger partial charge is 0.243 e. The van der Waals surface area contributed by atoms with E-state index in [1.807, 2.05) is 13.8 Å². The van der Waals surface area contributed by atoms with Gasteiger partial charge < -0.3 is 30.9 Å². The molecule has 3 rings (SSSR count). The van der Waals surface area contributed by atoms with Gasteiger partial charge in [0, 0.05) is 19.2 Å². The first-order valence-corrected chi connectivity index (χ1v) is 15.0. The van der Waals surface area contributed by atoms with Gasteiger partial charge in [0.25, 0.3) is 0 Å². The quantitative estimate of drug-likeness (QED) is 0.293. The summed E-state index contributed by atoms with van der Waals surface area (Å²) in [4.78, 5) is 26.0. The molecule has 1 aliphatic rings. The summed E-state index contributed by atoms with van der Waals surface area (Å²) >= 11 is 0. The lowest BCUT2D eigenvalue weighted by Gasteiger charge is -2.35. The number of carbonyl (C=O) groups is 2. The first-order valence-electron chi connectivity index (χ1n) is 13.6.